The first-order valence-corrected chi connectivity index (χ1v) is 7.45. The van der Waals surface area contributed by atoms with Crippen LogP contribution in [0.4, 0.5) is 0 Å². The number of H-pyrrole nitrogens is 1. The highest BCUT2D eigenvalue weighted by atomic mass is 35.5. The van der Waals surface area contributed by atoms with Crippen molar-refractivity contribution in [2.45, 2.75) is 32.4 Å². The third-order valence-corrected chi connectivity index (χ3v) is 4.51. The zero-order valence-corrected chi connectivity index (χ0v) is 14.8. The molecule has 1 aliphatic rings. The summed E-state index contributed by atoms with van der Waals surface area (Å²) in [5.74, 6) is -0.161. The van der Waals surface area contributed by atoms with Crippen LogP contribution in [0.5, 0.6) is 0 Å². The number of aromatic amines is 1. The summed E-state index contributed by atoms with van der Waals surface area (Å²) in [6, 6.07) is 0. The van der Waals surface area contributed by atoms with Gasteiger partial charge < -0.3 is 10.6 Å². The number of rotatable bonds is 3. The molecule has 2 aromatic heterocycles. The Kier molecular flexibility index (Phi) is 6.37. The Morgan fingerprint density at radius 1 is 1.41 bits per heavy atom. The molecule has 0 aromatic carbocycles. The normalized spacial score (nSPS) is 13.5. The molecule has 0 spiro atoms. The molecule has 0 saturated carbocycles. The summed E-state index contributed by atoms with van der Waals surface area (Å²) < 4.78 is 0. The van der Waals surface area contributed by atoms with Crippen LogP contribution in [0.3, 0.4) is 0 Å². The van der Waals surface area contributed by atoms with E-state index in [0.717, 1.165) is 29.2 Å². The minimum atomic E-state index is -0.501. The van der Waals surface area contributed by atoms with Crippen molar-refractivity contribution in [1.82, 2.24) is 25.8 Å². The van der Waals surface area contributed by atoms with E-state index >= 15 is 0 Å². The Hall–Kier alpha value is -1.15. The van der Waals surface area contributed by atoms with Gasteiger partial charge in [-0.3, -0.25) is 9.89 Å². The van der Waals surface area contributed by atoms with Gasteiger partial charge in [-0.15, -0.1) is 36.2 Å². The second-order valence-electron chi connectivity index (χ2n) is 5.37. The van der Waals surface area contributed by atoms with E-state index in [1.807, 2.05) is 19.2 Å². The minimum absolute atomic E-state index is 0. The third-order valence-electron chi connectivity index (χ3n) is 3.41. The molecular weight excluding hydrogens is 345 g/mol. The van der Waals surface area contributed by atoms with Crippen LogP contribution in [0.2, 0.25) is 0 Å². The number of hydrogen-bond acceptors (Lipinski definition) is 5. The zero-order valence-electron chi connectivity index (χ0n) is 12.3. The van der Waals surface area contributed by atoms with Gasteiger partial charge in [-0.05, 0) is 13.8 Å². The fourth-order valence-electron chi connectivity index (χ4n) is 2.34. The predicted molar refractivity (Wildman–Crippen MR) is 91.1 cm³/mol. The molecule has 3 heterocycles. The van der Waals surface area contributed by atoms with E-state index in [1.165, 1.54) is 11.3 Å². The maximum absolute atomic E-state index is 12.4. The molecule has 1 amide bonds. The molecule has 0 radical (unpaired) electrons. The lowest BCUT2D eigenvalue weighted by molar-refractivity contribution is 0.0905. The molecule has 0 unspecified atom stereocenters. The van der Waals surface area contributed by atoms with Gasteiger partial charge in [-0.25, -0.2) is 4.98 Å². The number of carbonyl (C=O) groups is 1. The van der Waals surface area contributed by atoms with Crippen LogP contribution in [-0.4, -0.2) is 27.6 Å². The van der Waals surface area contributed by atoms with Crippen molar-refractivity contribution in [3.63, 3.8) is 0 Å². The van der Waals surface area contributed by atoms with Gasteiger partial charge in [0.15, 0.2) is 5.69 Å². The highest BCUT2D eigenvalue weighted by Crippen LogP contribution is 2.23. The number of halogens is 2. The van der Waals surface area contributed by atoms with E-state index < -0.39 is 5.54 Å². The van der Waals surface area contributed by atoms with Crippen LogP contribution in [0.25, 0.3) is 0 Å². The first-order chi connectivity index (χ1) is 9.58. The van der Waals surface area contributed by atoms with E-state index in [9.17, 15) is 4.79 Å². The summed E-state index contributed by atoms with van der Waals surface area (Å²) in [6.07, 6.45) is 2.62. The summed E-state index contributed by atoms with van der Waals surface area (Å²) >= 11 is 1.53. The summed E-state index contributed by atoms with van der Waals surface area (Å²) in [5.41, 5.74) is 2.01. The lowest BCUT2D eigenvalue weighted by Gasteiger charge is -2.23. The Morgan fingerprint density at radius 3 is 2.86 bits per heavy atom. The number of aromatic nitrogens is 3. The summed E-state index contributed by atoms with van der Waals surface area (Å²) in [6.45, 7) is 5.50. The number of amides is 1. The molecule has 6 nitrogen and oxygen atoms in total. The largest absolute Gasteiger partial charge is 0.339 e. The van der Waals surface area contributed by atoms with Crippen LogP contribution in [-0.2, 0) is 18.5 Å². The van der Waals surface area contributed by atoms with Gasteiger partial charge >= 0.3 is 0 Å². The molecule has 3 N–H and O–H groups in total. The fraction of sp³-hybridized carbons (Fsp3) is 0.462. The van der Waals surface area contributed by atoms with Crippen molar-refractivity contribution < 1.29 is 4.79 Å². The zero-order chi connectivity index (χ0) is 14.2. The SMILES string of the molecule is CC(C)(NC(=O)c1n[nH]c2c1CNCC2)c1nccs1.Cl.Cl. The van der Waals surface area contributed by atoms with E-state index in [4.69, 9.17) is 0 Å². The van der Waals surface area contributed by atoms with Gasteiger partial charge in [0.25, 0.3) is 5.91 Å². The molecular formula is C13H19Cl2N5OS. The average Bonchev–Trinajstić information content (AvgIpc) is 3.08. The molecule has 22 heavy (non-hydrogen) atoms. The maximum Gasteiger partial charge on any atom is 0.272 e. The van der Waals surface area contributed by atoms with Crippen molar-refractivity contribution in [2.24, 2.45) is 0 Å². The summed E-state index contributed by atoms with van der Waals surface area (Å²) in [4.78, 5) is 16.7. The van der Waals surface area contributed by atoms with E-state index in [0.29, 0.717) is 12.2 Å². The number of nitrogens with zero attached hydrogens (tertiary/aromatic N) is 2. The molecule has 0 bridgehead atoms. The molecule has 0 saturated heterocycles. The molecule has 0 fully saturated rings. The van der Waals surface area contributed by atoms with Crippen molar-refractivity contribution in [3.05, 3.63) is 33.5 Å². The van der Waals surface area contributed by atoms with Crippen molar-refractivity contribution in [1.29, 1.82) is 0 Å². The average molecular weight is 364 g/mol. The monoisotopic (exact) mass is 363 g/mol. The van der Waals surface area contributed by atoms with Gasteiger partial charge in [0.1, 0.15) is 5.01 Å². The molecule has 2 aromatic rings. The van der Waals surface area contributed by atoms with Crippen molar-refractivity contribution in [2.75, 3.05) is 6.54 Å². The van der Waals surface area contributed by atoms with Gasteiger partial charge in [0.2, 0.25) is 0 Å². The quantitative estimate of drug-likeness (QED) is 0.778. The third kappa shape index (κ3) is 3.60. The molecule has 122 valence electrons. The van der Waals surface area contributed by atoms with Crippen LogP contribution < -0.4 is 10.6 Å². The predicted octanol–water partition coefficient (Wildman–Crippen LogP) is 2.02. The molecule has 0 atom stereocenters. The topological polar surface area (TPSA) is 82.7 Å². The van der Waals surface area contributed by atoms with Gasteiger partial charge in [0, 0.05) is 42.3 Å². The standard InChI is InChI=1S/C13H17N5OS.2ClH/c1-13(2,12-15-5-6-20-12)16-11(19)10-8-7-14-4-3-9(8)17-18-10;;/h5-6,14H,3-4,7H2,1-2H3,(H,16,19)(H,17,18);2*1H. The number of carbonyl (C=O) groups excluding carboxylic acids is 1. The lowest BCUT2D eigenvalue weighted by atomic mass is 10.0. The van der Waals surface area contributed by atoms with Gasteiger partial charge in [-0.1, -0.05) is 0 Å². The van der Waals surface area contributed by atoms with E-state index in [-0.39, 0.29) is 30.7 Å². The highest BCUT2D eigenvalue weighted by Gasteiger charge is 2.29. The van der Waals surface area contributed by atoms with E-state index in [1.54, 1.807) is 6.20 Å². The Labute approximate surface area is 145 Å². The highest BCUT2D eigenvalue weighted by molar-refractivity contribution is 7.09. The summed E-state index contributed by atoms with van der Waals surface area (Å²) in [7, 11) is 0. The van der Waals surface area contributed by atoms with Gasteiger partial charge in [0.05, 0.1) is 5.54 Å². The number of nitrogens with one attached hydrogen (secondary N) is 3. The second-order valence-corrected chi connectivity index (χ2v) is 6.27. The fourth-order valence-corrected chi connectivity index (χ4v) is 3.06. The Morgan fingerprint density at radius 2 is 2.18 bits per heavy atom. The Bertz CT molecular complexity index is 626. The van der Waals surface area contributed by atoms with Crippen LogP contribution >= 0.6 is 36.2 Å². The number of fused-ring (bicyclic) bond motifs is 1. The molecule has 1 aliphatic heterocycles. The molecule has 0 aliphatic carbocycles. The van der Waals surface area contributed by atoms with Crippen LogP contribution in [0, 0.1) is 0 Å². The number of thiazole rings is 1. The van der Waals surface area contributed by atoms with Crippen molar-refractivity contribution >= 4 is 42.1 Å². The minimum Gasteiger partial charge on any atom is -0.339 e. The van der Waals surface area contributed by atoms with Crippen molar-refractivity contribution in [3.8, 4) is 0 Å². The second kappa shape index (κ2) is 7.41. The van der Waals surface area contributed by atoms with Gasteiger partial charge in [-0.2, -0.15) is 5.10 Å². The smallest absolute Gasteiger partial charge is 0.272 e. The lowest BCUT2D eigenvalue weighted by Crippen LogP contribution is -2.41. The first-order valence-electron chi connectivity index (χ1n) is 6.57. The molecule has 3 rings (SSSR count). The molecule has 9 heteroatoms. The Balaban J connectivity index is 0.00000121. The van der Waals surface area contributed by atoms with E-state index in [2.05, 4.69) is 25.8 Å². The maximum atomic E-state index is 12.4. The van der Waals surface area contributed by atoms with Crippen LogP contribution in [0.1, 0.15) is 40.6 Å². The summed E-state index contributed by atoms with van der Waals surface area (Å²) in [5, 5.41) is 16.2. The first kappa shape index (κ1) is 18.9. The van der Waals surface area contributed by atoms with Crippen LogP contribution in [0.15, 0.2) is 11.6 Å². The number of hydrogen-bond donors (Lipinski definition) is 3.